The molecule has 0 saturated carbocycles. The van der Waals surface area contributed by atoms with Gasteiger partial charge in [0.25, 0.3) is 0 Å². The Bertz CT molecular complexity index is 530. The minimum atomic E-state index is 0.224. The molecule has 1 aromatic rings. The van der Waals surface area contributed by atoms with Gasteiger partial charge < -0.3 is 9.64 Å². The number of morpholine rings is 1. The van der Waals surface area contributed by atoms with Gasteiger partial charge in [-0.1, -0.05) is 44.2 Å². The number of ether oxygens (including phenoxy) is 1. The zero-order valence-electron chi connectivity index (χ0n) is 15.7. The molecule has 4 heteroatoms. The number of nitrogens with zero attached hydrogens (tertiary/aromatic N) is 2. The van der Waals surface area contributed by atoms with Gasteiger partial charge in [-0.25, -0.2) is 0 Å². The van der Waals surface area contributed by atoms with Gasteiger partial charge in [0.05, 0.1) is 13.2 Å². The third kappa shape index (κ3) is 4.69. The topological polar surface area (TPSA) is 32.8 Å². The summed E-state index contributed by atoms with van der Waals surface area (Å²) >= 11 is 0. The lowest BCUT2D eigenvalue weighted by molar-refractivity contribution is -0.133. The third-order valence-electron chi connectivity index (χ3n) is 5.90. The molecule has 0 spiro atoms. The summed E-state index contributed by atoms with van der Waals surface area (Å²) in [6.45, 7) is 9.79. The van der Waals surface area contributed by atoms with Crippen molar-refractivity contribution in [3.05, 3.63) is 35.9 Å². The fourth-order valence-corrected chi connectivity index (χ4v) is 4.32. The average Bonchev–Trinajstić information content (AvgIpc) is 2.63. The Morgan fingerprint density at radius 3 is 2.36 bits per heavy atom. The molecular formula is C21H32N2O2. The molecule has 2 unspecified atom stereocenters. The van der Waals surface area contributed by atoms with Crippen molar-refractivity contribution in [1.29, 1.82) is 0 Å². The van der Waals surface area contributed by atoms with E-state index in [1.54, 1.807) is 0 Å². The number of hydrogen-bond donors (Lipinski definition) is 0. The molecule has 2 atom stereocenters. The van der Waals surface area contributed by atoms with Crippen molar-refractivity contribution in [1.82, 2.24) is 9.80 Å². The number of Topliss-reactive ketones (excluding diaryl/α,β-unsaturated/α-hetero) is 1. The van der Waals surface area contributed by atoms with Gasteiger partial charge in [-0.3, -0.25) is 9.69 Å². The van der Waals surface area contributed by atoms with Crippen LogP contribution in [0.25, 0.3) is 0 Å². The Hall–Kier alpha value is -1.23. The van der Waals surface area contributed by atoms with Gasteiger partial charge in [-0.05, 0) is 31.5 Å². The molecule has 0 aromatic heterocycles. The fourth-order valence-electron chi connectivity index (χ4n) is 4.32. The first-order valence-corrected chi connectivity index (χ1v) is 9.83. The Kier molecular flexibility index (Phi) is 6.63. The van der Waals surface area contributed by atoms with E-state index in [2.05, 4.69) is 54.0 Å². The third-order valence-corrected chi connectivity index (χ3v) is 5.90. The Morgan fingerprint density at radius 1 is 1.12 bits per heavy atom. The summed E-state index contributed by atoms with van der Waals surface area (Å²) in [6.07, 6.45) is 2.62. The van der Waals surface area contributed by atoms with Crippen molar-refractivity contribution < 1.29 is 9.53 Å². The summed E-state index contributed by atoms with van der Waals surface area (Å²) in [6, 6.07) is 11.4. The van der Waals surface area contributed by atoms with E-state index in [0.717, 1.165) is 52.2 Å². The first-order valence-electron chi connectivity index (χ1n) is 9.83. The molecule has 2 bridgehead atoms. The Morgan fingerprint density at radius 2 is 1.76 bits per heavy atom. The van der Waals surface area contributed by atoms with E-state index in [4.69, 9.17) is 4.74 Å². The highest BCUT2D eigenvalue weighted by atomic mass is 16.5. The molecule has 0 aliphatic carbocycles. The van der Waals surface area contributed by atoms with Crippen LogP contribution in [-0.2, 0) is 16.1 Å². The van der Waals surface area contributed by atoms with Gasteiger partial charge >= 0.3 is 0 Å². The lowest BCUT2D eigenvalue weighted by Crippen LogP contribution is -2.57. The minimum absolute atomic E-state index is 0.224. The van der Waals surface area contributed by atoms with E-state index in [1.165, 1.54) is 5.56 Å². The summed E-state index contributed by atoms with van der Waals surface area (Å²) in [5.41, 5.74) is 1.35. The lowest BCUT2D eigenvalue weighted by atomic mass is 9.81. The summed E-state index contributed by atoms with van der Waals surface area (Å²) in [4.78, 5) is 17.7. The molecule has 3 rings (SSSR count). The predicted octanol–water partition coefficient (Wildman–Crippen LogP) is 2.97. The minimum Gasteiger partial charge on any atom is -0.378 e. The molecule has 4 nitrogen and oxygen atoms in total. The molecule has 2 aliphatic rings. The summed E-state index contributed by atoms with van der Waals surface area (Å²) in [7, 11) is 0. The molecular weight excluding hydrogens is 312 g/mol. The van der Waals surface area contributed by atoms with Crippen molar-refractivity contribution in [2.24, 2.45) is 5.92 Å². The van der Waals surface area contributed by atoms with Gasteiger partial charge in [-0.15, -0.1) is 0 Å². The maximum atomic E-state index is 12.7. The standard InChI is InChI=1S/C21H32N2O2/c1-3-22(4-2)11-10-21(24)18-12-19-15-25-16-20(13-18)23(19)14-17-8-6-5-7-9-17/h5-9,18-20H,3-4,10-16H2,1-2H3. The second-order valence-electron chi connectivity index (χ2n) is 7.41. The molecule has 2 saturated heterocycles. The Labute approximate surface area is 152 Å². The largest absolute Gasteiger partial charge is 0.378 e. The molecule has 2 fully saturated rings. The van der Waals surface area contributed by atoms with Crippen LogP contribution < -0.4 is 0 Å². The number of hydrogen-bond acceptors (Lipinski definition) is 4. The van der Waals surface area contributed by atoms with Gasteiger partial charge in [0.2, 0.25) is 0 Å². The lowest BCUT2D eigenvalue weighted by Gasteiger charge is -2.48. The number of carbonyl (C=O) groups excluding carboxylic acids is 1. The Balaban J connectivity index is 1.58. The monoisotopic (exact) mass is 344 g/mol. The van der Waals surface area contributed by atoms with Gasteiger partial charge in [0, 0.05) is 37.5 Å². The van der Waals surface area contributed by atoms with Gasteiger partial charge in [0.1, 0.15) is 5.78 Å². The summed E-state index contributed by atoms with van der Waals surface area (Å²) in [5.74, 6) is 0.685. The average molecular weight is 344 g/mol. The molecule has 25 heavy (non-hydrogen) atoms. The van der Waals surface area contributed by atoms with Crippen molar-refractivity contribution in [3.63, 3.8) is 0 Å². The van der Waals surface area contributed by atoms with E-state index in [0.29, 0.717) is 24.3 Å². The number of ketones is 1. The van der Waals surface area contributed by atoms with Crippen LogP contribution in [0.3, 0.4) is 0 Å². The second kappa shape index (κ2) is 8.93. The zero-order chi connectivity index (χ0) is 17.6. The number of carbonyl (C=O) groups is 1. The first-order chi connectivity index (χ1) is 12.2. The van der Waals surface area contributed by atoms with E-state index >= 15 is 0 Å². The van der Waals surface area contributed by atoms with Crippen molar-refractivity contribution in [2.45, 2.75) is 51.7 Å². The SMILES string of the molecule is CCN(CC)CCC(=O)C1CC2COCC(C1)N2Cc1ccccc1. The highest BCUT2D eigenvalue weighted by Gasteiger charge is 2.40. The number of fused-ring (bicyclic) bond motifs is 2. The maximum Gasteiger partial charge on any atom is 0.137 e. The molecule has 1 aromatic carbocycles. The smallest absolute Gasteiger partial charge is 0.137 e. The van der Waals surface area contributed by atoms with E-state index in [-0.39, 0.29) is 5.92 Å². The normalized spacial score (nSPS) is 26.8. The number of piperidine rings is 1. The van der Waals surface area contributed by atoms with Crippen LogP contribution >= 0.6 is 0 Å². The van der Waals surface area contributed by atoms with Crippen LogP contribution in [0.4, 0.5) is 0 Å². The number of benzene rings is 1. The van der Waals surface area contributed by atoms with Crippen LogP contribution in [0.1, 0.15) is 38.7 Å². The van der Waals surface area contributed by atoms with E-state index in [9.17, 15) is 4.79 Å². The molecule has 0 amide bonds. The quantitative estimate of drug-likeness (QED) is 0.726. The highest BCUT2D eigenvalue weighted by molar-refractivity contribution is 5.81. The van der Waals surface area contributed by atoms with E-state index < -0.39 is 0 Å². The summed E-state index contributed by atoms with van der Waals surface area (Å²) < 4.78 is 5.80. The zero-order valence-corrected chi connectivity index (χ0v) is 15.7. The molecule has 2 aliphatic heterocycles. The number of rotatable bonds is 8. The van der Waals surface area contributed by atoms with Crippen LogP contribution in [0.2, 0.25) is 0 Å². The second-order valence-corrected chi connectivity index (χ2v) is 7.41. The van der Waals surface area contributed by atoms with Crippen LogP contribution in [-0.4, -0.2) is 60.5 Å². The van der Waals surface area contributed by atoms with Crippen molar-refractivity contribution in [3.8, 4) is 0 Å². The van der Waals surface area contributed by atoms with Crippen molar-refractivity contribution in [2.75, 3.05) is 32.8 Å². The van der Waals surface area contributed by atoms with Crippen LogP contribution in [0, 0.1) is 5.92 Å². The maximum absolute atomic E-state index is 12.7. The fraction of sp³-hybridized carbons (Fsp3) is 0.667. The molecule has 138 valence electrons. The first kappa shape index (κ1) is 18.6. The van der Waals surface area contributed by atoms with Crippen LogP contribution in [0.15, 0.2) is 30.3 Å². The van der Waals surface area contributed by atoms with Crippen molar-refractivity contribution >= 4 is 5.78 Å². The van der Waals surface area contributed by atoms with E-state index in [1.807, 2.05) is 0 Å². The van der Waals surface area contributed by atoms with Gasteiger partial charge in [0.15, 0.2) is 0 Å². The van der Waals surface area contributed by atoms with Crippen LogP contribution in [0.5, 0.6) is 0 Å². The summed E-state index contributed by atoms with van der Waals surface area (Å²) in [5, 5.41) is 0. The predicted molar refractivity (Wildman–Crippen MR) is 101 cm³/mol. The molecule has 2 heterocycles. The molecule has 0 radical (unpaired) electrons. The van der Waals surface area contributed by atoms with Gasteiger partial charge in [-0.2, -0.15) is 0 Å². The molecule has 0 N–H and O–H groups in total. The highest BCUT2D eigenvalue weighted by Crippen LogP contribution is 2.33.